The van der Waals surface area contributed by atoms with Crippen LogP contribution in [0.25, 0.3) is 43.8 Å². The smallest absolute Gasteiger partial charge is 0.0412 e. The molecule has 0 nitrogen and oxygen atoms in total. The van der Waals surface area contributed by atoms with Gasteiger partial charge in [-0.25, -0.2) is 0 Å². The molecule has 0 unspecified atom stereocenters. The second kappa shape index (κ2) is 6.57. The highest BCUT2D eigenvalue weighted by molar-refractivity contribution is 6.31. The minimum Gasteiger partial charge on any atom is -0.0843 e. The Morgan fingerprint density at radius 1 is 0.407 bits per heavy atom. The van der Waals surface area contributed by atoms with Crippen molar-refractivity contribution < 1.29 is 0 Å². The summed E-state index contributed by atoms with van der Waals surface area (Å²) in [5.41, 5.74) is 4.85. The molecular weight excluding hydrogens is 348 g/mol. The van der Waals surface area contributed by atoms with E-state index < -0.39 is 0 Å². The minimum atomic E-state index is 0.753. The molecule has 128 valence electrons. The monoisotopic (exact) mass is 364 g/mol. The SMILES string of the molecule is Clc1cccc(-c2c(-c3ccccc3)c3ccccc3c3ccccc23)c1. The van der Waals surface area contributed by atoms with Crippen molar-refractivity contribution in [2.75, 3.05) is 0 Å². The lowest BCUT2D eigenvalue weighted by atomic mass is 9.85. The summed E-state index contributed by atoms with van der Waals surface area (Å²) in [5, 5.41) is 5.80. The third kappa shape index (κ3) is 2.70. The van der Waals surface area contributed by atoms with Crippen LogP contribution in [0.3, 0.4) is 0 Å². The van der Waals surface area contributed by atoms with Crippen molar-refractivity contribution in [1.29, 1.82) is 0 Å². The van der Waals surface area contributed by atoms with Gasteiger partial charge in [0.15, 0.2) is 0 Å². The minimum absolute atomic E-state index is 0.753. The van der Waals surface area contributed by atoms with Crippen molar-refractivity contribution in [3.05, 3.63) is 108 Å². The third-order valence-electron chi connectivity index (χ3n) is 5.11. The number of hydrogen-bond acceptors (Lipinski definition) is 0. The average Bonchev–Trinajstić information content (AvgIpc) is 2.73. The number of rotatable bonds is 2. The highest BCUT2D eigenvalue weighted by Crippen LogP contribution is 2.44. The topological polar surface area (TPSA) is 0 Å². The first-order chi connectivity index (χ1) is 13.3. The molecule has 0 spiro atoms. The molecule has 5 aromatic rings. The van der Waals surface area contributed by atoms with Gasteiger partial charge < -0.3 is 0 Å². The van der Waals surface area contributed by atoms with Gasteiger partial charge in [0, 0.05) is 5.02 Å². The molecule has 0 N–H and O–H groups in total. The summed E-state index contributed by atoms with van der Waals surface area (Å²) in [6.45, 7) is 0. The van der Waals surface area contributed by atoms with Gasteiger partial charge in [0.1, 0.15) is 0 Å². The summed E-state index contributed by atoms with van der Waals surface area (Å²) in [4.78, 5) is 0. The van der Waals surface area contributed by atoms with E-state index in [1.807, 2.05) is 12.1 Å². The average molecular weight is 365 g/mol. The zero-order valence-electron chi connectivity index (χ0n) is 14.7. The van der Waals surface area contributed by atoms with Gasteiger partial charge in [-0.2, -0.15) is 0 Å². The third-order valence-corrected chi connectivity index (χ3v) is 5.34. The van der Waals surface area contributed by atoms with Crippen molar-refractivity contribution in [3.8, 4) is 22.3 Å². The summed E-state index contributed by atoms with van der Waals surface area (Å²) in [5.74, 6) is 0. The fourth-order valence-electron chi connectivity index (χ4n) is 3.99. The van der Waals surface area contributed by atoms with E-state index in [0.717, 1.165) is 10.6 Å². The number of benzene rings is 5. The van der Waals surface area contributed by atoms with Crippen LogP contribution in [-0.2, 0) is 0 Å². The second-order valence-corrected chi connectivity index (χ2v) is 7.15. The Bertz CT molecular complexity index is 1270. The normalized spacial score (nSPS) is 11.1. The van der Waals surface area contributed by atoms with Crippen LogP contribution in [0.4, 0.5) is 0 Å². The van der Waals surface area contributed by atoms with E-state index >= 15 is 0 Å². The summed E-state index contributed by atoms with van der Waals surface area (Å²) < 4.78 is 0. The molecule has 0 heterocycles. The molecule has 0 aromatic heterocycles. The number of fused-ring (bicyclic) bond motifs is 3. The van der Waals surface area contributed by atoms with Crippen molar-refractivity contribution in [2.24, 2.45) is 0 Å². The lowest BCUT2D eigenvalue weighted by Gasteiger charge is -2.18. The molecular formula is C26H17Cl. The molecule has 27 heavy (non-hydrogen) atoms. The number of hydrogen-bond donors (Lipinski definition) is 0. The Balaban J connectivity index is 2.05. The van der Waals surface area contributed by atoms with E-state index in [1.165, 1.54) is 38.2 Å². The fourth-order valence-corrected chi connectivity index (χ4v) is 4.18. The highest BCUT2D eigenvalue weighted by atomic mass is 35.5. The van der Waals surface area contributed by atoms with E-state index in [9.17, 15) is 0 Å². The van der Waals surface area contributed by atoms with Crippen LogP contribution in [0, 0.1) is 0 Å². The fraction of sp³-hybridized carbons (Fsp3) is 0. The molecule has 0 radical (unpaired) electrons. The van der Waals surface area contributed by atoms with E-state index in [-0.39, 0.29) is 0 Å². The maximum absolute atomic E-state index is 6.36. The van der Waals surface area contributed by atoms with Crippen molar-refractivity contribution in [1.82, 2.24) is 0 Å². The second-order valence-electron chi connectivity index (χ2n) is 6.72. The standard InChI is InChI=1S/C26H17Cl/c27-20-12-8-11-19(17-20)26-24-16-7-5-14-22(24)21-13-4-6-15-23(21)25(26)18-9-2-1-3-10-18/h1-17H. The Hall–Kier alpha value is -3.09. The molecule has 0 aliphatic rings. The zero-order valence-corrected chi connectivity index (χ0v) is 15.4. The van der Waals surface area contributed by atoms with Gasteiger partial charge in [-0.3, -0.25) is 0 Å². The van der Waals surface area contributed by atoms with Crippen LogP contribution in [0.5, 0.6) is 0 Å². The molecule has 0 atom stereocenters. The zero-order chi connectivity index (χ0) is 18.2. The predicted molar refractivity (Wildman–Crippen MR) is 117 cm³/mol. The molecule has 5 rings (SSSR count). The van der Waals surface area contributed by atoms with Crippen molar-refractivity contribution in [3.63, 3.8) is 0 Å². The lowest BCUT2D eigenvalue weighted by molar-refractivity contribution is 1.63. The Labute approximate surface area is 163 Å². The van der Waals surface area contributed by atoms with E-state index in [0.29, 0.717) is 0 Å². The van der Waals surface area contributed by atoms with Crippen molar-refractivity contribution >= 4 is 33.1 Å². The van der Waals surface area contributed by atoms with Crippen LogP contribution < -0.4 is 0 Å². The summed E-state index contributed by atoms with van der Waals surface area (Å²) in [7, 11) is 0. The van der Waals surface area contributed by atoms with Crippen LogP contribution in [-0.4, -0.2) is 0 Å². The van der Waals surface area contributed by atoms with Gasteiger partial charge in [-0.05, 0) is 55.9 Å². The maximum Gasteiger partial charge on any atom is 0.0412 e. The molecule has 0 fully saturated rings. The largest absolute Gasteiger partial charge is 0.0843 e. The predicted octanol–water partition coefficient (Wildman–Crippen LogP) is 7.98. The first kappa shape index (κ1) is 16.1. The van der Waals surface area contributed by atoms with Gasteiger partial charge in [0.2, 0.25) is 0 Å². The molecule has 0 saturated carbocycles. The molecule has 0 bridgehead atoms. The molecule has 5 aromatic carbocycles. The summed E-state index contributed by atoms with van der Waals surface area (Å²) in [6.07, 6.45) is 0. The molecule has 0 aliphatic carbocycles. The quantitative estimate of drug-likeness (QED) is 0.278. The van der Waals surface area contributed by atoms with Crippen molar-refractivity contribution in [2.45, 2.75) is 0 Å². The van der Waals surface area contributed by atoms with Crippen LogP contribution >= 0.6 is 11.6 Å². The maximum atomic E-state index is 6.36. The number of halogens is 1. The Kier molecular flexibility index (Phi) is 3.92. The Morgan fingerprint density at radius 2 is 0.889 bits per heavy atom. The van der Waals surface area contributed by atoms with Gasteiger partial charge >= 0.3 is 0 Å². The van der Waals surface area contributed by atoms with Crippen LogP contribution in [0.1, 0.15) is 0 Å². The molecule has 1 heteroatoms. The summed E-state index contributed by atoms with van der Waals surface area (Å²) >= 11 is 6.36. The van der Waals surface area contributed by atoms with E-state index in [2.05, 4.69) is 91.0 Å². The van der Waals surface area contributed by atoms with Crippen LogP contribution in [0.15, 0.2) is 103 Å². The van der Waals surface area contributed by atoms with Gasteiger partial charge in [-0.1, -0.05) is 103 Å². The lowest BCUT2D eigenvalue weighted by Crippen LogP contribution is -1.91. The first-order valence-corrected chi connectivity index (χ1v) is 9.45. The highest BCUT2D eigenvalue weighted by Gasteiger charge is 2.17. The molecule has 0 amide bonds. The van der Waals surface area contributed by atoms with Gasteiger partial charge in [0.05, 0.1) is 0 Å². The van der Waals surface area contributed by atoms with E-state index in [1.54, 1.807) is 0 Å². The van der Waals surface area contributed by atoms with E-state index in [4.69, 9.17) is 11.6 Å². The van der Waals surface area contributed by atoms with Gasteiger partial charge in [0.25, 0.3) is 0 Å². The molecule has 0 saturated heterocycles. The summed E-state index contributed by atoms with van der Waals surface area (Å²) in [6, 6.07) is 36.1. The van der Waals surface area contributed by atoms with Gasteiger partial charge in [-0.15, -0.1) is 0 Å². The van der Waals surface area contributed by atoms with Crippen LogP contribution in [0.2, 0.25) is 5.02 Å². The first-order valence-electron chi connectivity index (χ1n) is 9.08. The molecule has 0 aliphatic heterocycles. The Morgan fingerprint density at radius 3 is 1.48 bits per heavy atom.